The molecular weight excluding hydrogens is 470 g/mol. The lowest BCUT2D eigenvalue weighted by atomic mass is 10.1. The molecule has 0 bridgehead atoms. The number of carbonyl (C=O) groups excluding carboxylic acids is 3. The van der Waals surface area contributed by atoms with E-state index in [1.807, 2.05) is 37.3 Å². The fraction of sp³-hybridized carbons (Fsp3) is 0.318. The van der Waals surface area contributed by atoms with Crippen molar-refractivity contribution in [2.75, 3.05) is 25.5 Å². The minimum absolute atomic E-state index is 0.0798. The molecule has 8 heteroatoms. The number of hydrogen-bond donors (Lipinski definition) is 1. The van der Waals surface area contributed by atoms with Crippen molar-refractivity contribution in [2.24, 2.45) is 5.92 Å². The van der Waals surface area contributed by atoms with E-state index in [1.54, 1.807) is 24.1 Å². The number of aryl methyl sites for hydroxylation is 1. The average Bonchev–Trinajstić information content (AvgIpc) is 3.05. The fourth-order valence-corrected chi connectivity index (χ4v) is 4.16. The number of hydrogen-bond acceptors (Lipinski definition) is 3. The van der Waals surface area contributed by atoms with Gasteiger partial charge in [0.25, 0.3) is 0 Å². The van der Waals surface area contributed by atoms with Gasteiger partial charge in [-0.1, -0.05) is 45.7 Å². The monoisotopic (exact) mass is 491 g/mol. The number of nitrogens with zero attached hydrogens (tertiary/aromatic N) is 2. The van der Waals surface area contributed by atoms with Crippen LogP contribution in [0.3, 0.4) is 0 Å². The van der Waals surface area contributed by atoms with Gasteiger partial charge in [0.2, 0.25) is 17.7 Å². The van der Waals surface area contributed by atoms with Gasteiger partial charge < -0.3 is 15.1 Å². The van der Waals surface area contributed by atoms with Crippen LogP contribution in [0.2, 0.25) is 5.02 Å². The highest BCUT2D eigenvalue weighted by molar-refractivity contribution is 9.10. The summed E-state index contributed by atoms with van der Waals surface area (Å²) in [6.07, 6.45) is 0.140. The van der Waals surface area contributed by atoms with Crippen LogP contribution < -0.4 is 5.32 Å². The van der Waals surface area contributed by atoms with Gasteiger partial charge >= 0.3 is 0 Å². The lowest BCUT2D eigenvalue weighted by Gasteiger charge is -2.21. The van der Waals surface area contributed by atoms with Crippen LogP contribution in [-0.4, -0.2) is 47.7 Å². The zero-order valence-corrected chi connectivity index (χ0v) is 19.2. The fourth-order valence-electron chi connectivity index (χ4n) is 3.48. The highest BCUT2D eigenvalue weighted by Gasteiger charge is 2.36. The van der Waals surface area contributed by atoms with Gasteiger partial charge in [0, 0.05) is 41.7 Å². The number of amides is 3. The molecule has 1 aliphatic heterocycles. The van der Waals surface area contributed by atoms with Gasteiger partial charge in [-0.3, -0.25) is 14.4 Å². The largest absolute Gasteiger partial charge is 0.337 e. The Hall–Kier alpha value is -2.38. The van der Waals surface area contributed by atoms with Crippen LogP contribution in [0.1, 0.15) is 17.5 Å². The number of halogens is 2. The molecule has 0 spiro atoms. The predicted molar refractivity (Wildman–Crippen MR) is 120 cm³/mol. The Kier molecular flexibility index (Phi) is 7.15. The van der Waals surface area contributed by atoms with Crippen LogP contribution in [0.15, 0.2) is 46.9 Å². The first-order valence-corrected chi connectivity index (χ1v) is 10.7. The summed E-state index contributed by atoms with van der Waals surface area (Å²) in [7, 11) is 1.58. The van der Waals surface area contributed by atoms with Crippen molar-refractivity contribution in [1.29, 1.82) is 0 Å². The zero-order valence-electron chi connectivity index (χ0n) is 16.8. The second-order valence-electron chi connectivity index (χ2n) is 7.47. The van der Waals surface area contributed by atoms with Crippen molar-refractivity contribution in [1.82, 2.24) is 9.80 Å². The number of likely N-dealkylation sites (N-methyl/N-ethyl adjacent to an activating group) is 1. The summed E-state index contributed by atoms with van der Waals surface area (Å²) in [5.74, 6) is -1.05. The molecule has 30 heavy (non-hydrogen) atoms. The van der Waals surface area contributed by atoms with E-state index in [4.69, 9.17) is 11.6 Å². The third kappa shape index (κ3) is 5.40. The van der Waals surface area contributed by atoms with Crippen molar-refractivity contribution < 1.29 is 14.4 Å². The van der Waals surface area contributed by atoms with E-state index < -0.39 is 5.92 Å². The summed E-state index contributed by atoms with van der Waals surface area (Å²) in [5, 5.41) is 3.42. The van der Waals surface area contributed by atoms with Gasteiger partial charge in [-0.05, 0) is 42.3 Å². The van der Waals surface area contributed by atoms with Crippen LogP contribution >= 0.6 is 27.5 Å². The molecule has 0 aromatic heterocycles. The molecule has 3 rings (SSSR count). The maximum Gasteiger partial charge on any atom is 0.243 e. The van der Waals surface area contributed by atoms with Crippen molar-refractivity contribution in [3.8, 4) is 0 Å². The number of nitrogens with one attached hydrogen (secondary N) is 1. The molecule has 0 saturated carbocycles. The quantitative estimate of drug-likeness (QED) is 0.666. The van der Waals surface area contributed by atoms with Gasteiger partial charge in [0.15, 0.2) is 0 Å². The van der Waals surface area contributed by atoms with Crippen LogP contribution in [0, 0.1) is 12.8 Å². The number of likely N-dealkylation sites (tertiary alicyclic amines) is 1. The standard InChI is InChI=1S/C22H23BrClN3O3/c1-14-9-17(23)7-8-19(14)25-20(28)13-26(2)22(30)16-10-21(29)27(12-16)11-15-5-3-4-6-18(15)24/h3-9,16H,10-13H2,1-2H3,(H,25,28)/t16-/m0/s1. The molecule has 6 nitrogen and oxygen atoms in total. The highest BCUT2D eigenvalue weighted by atomic mass is 79.9. The summed E-state index contributed by atoms with van der Waals surface area (Å²) in [4.78, 5) is 40.6. The van der Waals surface area contributed by atoms with Crippen molar-refractivity contribution >= 4 is 50.9 Å². The van der Waals surface area contributed by atoms with Crippen LogP contribution in [0.25, 0.3) is 0 Å². The van der Waals surface area contributed by atoms with Crippen molar-refractivity contribution in [3.63, 3.8) is 0 Å². The molecular formula is C22H23BrClN3O3. The average molecular weight is 493 g/mol. The molecule has 1 saturated heterocycles. The summed E-state index contributed by atoms with van der Waals surface area (Å²) >= 11 is 9.57. The van der Waals surface area contributed by atoms with Crippen LogP contribution in [-0.2, 0) is 20.9 Å². The third-order valence-electron chi connectivity index (χ3n) is 5.10. The van der Waals surface area contributed by atoms with Crippen molar-refractivity contribution in [3.05, 3.63) is 63.1 Å². The van der Waals surface area contributed by atoms with E-state index in [9.17, 15) is 14.4 Å². The normalized spacial score (nSPS) is 15.9. The third-order valence-corrected chi connectivity index (χ3v) is 5.96. The molecule has 1 fully saturated rings. The maximum absolute atomic E-state index is 12.8. The lowest BCUT2D eigenvalue weighted by Crippen LogP contribution is -2.39. The van der Waals surface area contributed by atoms with E-state index >= 15 is 0 Å². The Balaban J connectivity index is 1.56. The van der Waals surface area contributed by atoms with Crippen molar-refractivity contribution in [2.45, 2.75) is 19.9 Å². The minimum atomic E-state index is -0.466. The van der Waals surface area contributed by atoms with Gasteiger partial charge in [-0.25, -0.2) is 0 Å². The topological polar surface area (TPSA) is 69.7 Å². The Bertz CT molecular complexity index is 982. The second kappa shape index (κ2) is 9.62. The first kappa shape index (κ1) is 22.3. The predicted octanol–water partition coefficient (Wildman–Crippen LogP) is 3.86. The van der Waals surface area contributed by atoms with E-state index in [0.717, 1.165) is 15.6 Å². The lowest BCUT2D eigenvalue weighted by molar-refractivity contribution is -0.137. The van der Waals surface area contributed by atoms with Gasteiger partial charge in [-0.2, -0.15) is 0 Å². The summed E-state index contributed by atoms with van der Waals surface area (Å²) in [6, 6.07) is 12.9. The summed E-state index contributed by atoms with van der Waals surface area (Å²) in [5.41, 5.74) is 2.47. The molecule has 158 valence electrons. The molecule has 1 heterocycles. The molecule has 0 aliphatic carbocycles. The Labute approximate surface area is 189 Å². The first-order chi connectivity index (χ1) is 14.2. The Morgan fingerprint density at radius 2 is 2.00 bits per heavy atom. The van der Waals surface area contributed by atoms with Gasteiger partial charge in [-0.15, -0.1) is 0 Å². The summed E-state index contributed by atoms with van der Waals surface area (Å²) in [6.45, 7) is 2.51. The molecule has 1 atom stereocenters. The number of rotatable bonds is 6. The zero-order chi connectivity index (χ0) is 21.8. The molecule has 2 aromatic carbocycles. The Morgan fingerprint density at radius 3 is 2.70 bits per heavy atom. The van der Waals surface area contributed by atoms with Gasteiger partial charge in [0.1, 0.15) is 0 Å². The molecule has 1 aliphatic rings. The molecule has 3 amide bonds. The summed E-state index contributed by atoms with van der Waals surface area (Å²) < 4.78 is 0.928. The first-order valence-electron chi connectivity index (χ1n) is 9.56. The Morgan fingerprint density at radius 1 is 1.27 bits per heavy atom. The molecule has 1 N–H and O–H groups in total. The SMILES string of the molecule is Cc1cc(Br)ccc1NC(=O)CN(C)C(=O)[C@H]1CC(=O)N(Cc2ccccc2Cl)C1. The molecule has 0 unspecified atom stereocenters. The van der Waals surface area contributed by atoms with E-state index in [1.165, 1.54) is 4.90 Å². The number of benzene rings is 2. The van der Waals surface area contributed by atoms with E-state index in [0.29, 0.717) is 23.8 Å². The molecule has 2 aromatic rings. The molecule has 0 radical (unpaired) electrons. The minimum Gasteiger partial charge on any atom is -0.337 e. The van der Waals surface area contributed by atoms with E-state index in [-0.39, 0.29) is 30.7 Å². The van der Waals surface area contributed by atoms with Gasteiger partial charge in [0.05, 0.1) is 12.5 Å². The van der Waals surface area contributed by atoms with E-state index in [2.05, 4.69) is 21.2 Å². The van der Waals surface area contributed by atoms with Crippen LogP contribution in [0.4, 0.5) is 5.69 Å². The number of anilines is 1. The second-order valence-corrected chi connectivity index (χ2v) is 8.79. The maximum atomic E-state index is 12.8. The van der Waals surface area contributed by atoms with Crippen LogP contribution in [0.5, 0.6) is 0 Å². The smallest absolute Gasteiger partial charge is 0.243 e. The highest BCUT2D eigenvalue weighted by Crippen LogP contribution is 2.25. The number of carbonyl (C=O) groups is 3.